The molecule has 1 heterocycles. The Morgan fingerprint density at radius 3 is 2.58 bits per heavy atom. The summed E-state index contributed by atoms with van der Waals surface area (Å²) in [6, 6.07) is 0. The molecule has 0 saturated heterocycles. The predicted octanol–water partition coefficient (Wildman–Crippen LogP) is 0.306. The van der Waals surface area contributed by atoms with Crippen LogP contribution in [0.25, 0.3) is 0 Å². The Morgan fingerprint density at radius 2 is 2.17 bits per heavy atom. The Hall–Kier alpha value is -1.16. The summed E-state index contributed by atoms with van der Waals surface area (Å²) in [4.78, 5) is 17.6. The van der Waals surface area contributed by atoms with Crippen molar-refractivity contribution in [3.05, 3.63) is 27.9 Å². The van der Waals surface area contributed by atoms with Crippen molar-refractivity contribution in [2.45, 2.75) is 26.4 Å². The quantitative estimate of drug-likeness (QED) is 0.634. The highest BCUT2D eigenvalue weighted by Gasteiger charge is 2.19. The molecule has 0 aliphatic carbocycles. The van der Waals surface area contributed by atoms with Crippen molar-refractivity contribution in [2.24, 2.45) is 0 Å². The standard InChI is InChI=1S/C8H12N2O2/c1-5-9-4-6(7(11)10-5)8(2,3)12/h4,12H,1-3H3,(H,9,10,11). The van der Waals surface area contributed by atoms with Crippen LogP contribution >= 0.6 is 0 Å². The Bertz CT molecular complexity index is 336. The van der Waals surface area contributed by atoms with Crippen molar-refractivity contribution in [1.82, 2.24) is 9.97 Å². The molecule has 0 saturated carbocycles. The van der Waals surface area contributed by atoms with Gasteiger partial charge in [-0.1, -0.05) is 0 Å². The normalized spacial score (nSPS) is 11.7. The number of hydrogen-bond acceptors (Lipinski definition) is 3. The van der Waals surface area contributed by atoms with E-state index in [0.29, 0.717) is 5.82 Å². The first-order valence-electron chi connectivity index (χ1n) is 3.70. The van der Waals surface area contributed by atoms with E-state index >= 15 is 0 Å². The van der Waals surface area contributed by atoms with Gasteiger partial charge in [-0.3, -0.25) is 4.79 Å². The minimum absolute atomic E-state index is 0.282. The lowest BCUT2D eigenvalue weighted by molar-refractivity contribution is 0.0766. The third kappa shape index (κ3) is 1.71. The first-order valence-corrected chi connectivity index (χ1v) is 3.70. The van der Waals surface area contributed by atoms with Gasteiger partial charge in [0.2, 0.25) is 0 Å². The molecule has 0 aliphatic rings. The van der Waals surface area contributed by atoms with Crippen LogP contribution in [0.1, 0.15) is 25.2 Å². The zero-order valence-corrected chi connectivity index (χ0v) is 7.38. The van der Waals surface area contributed by atoms with E-state index in [4.69, 9.17) is 0 Å². The molecule has 0 radical (unpaired) electrons. The highest BCUT2D eigenvalue weighted by molar-refractivity contribution is 5.12. The lowest BCUT2D eigenvalue weighted by Gasteiger charge is -2.15. The SMILES string of the molecule is Cc1ncc(C(C)(C)O)c(=O)[nH]1. The first kappa shape index (κ1) is 8.93. The zero-order chi connectivity index (χ0) is 9.35. The number of nitrogens with zero attached hydrogens (tertiary/aromatic N) is 1. The Balaban J connectivity index is 3.29. The van der Waals surface area contributed by atoms with Crippen LogP contribution < -0.4 is 5.56 Å². The molecule has 0 atom stereocenters. The molecule has 0 aromatic carbocycles. The maximum Gasteiger partial charge on any atom is 0.256 e. The topological polar surface area (TPSA) is 66.0 Å². The van der Waals surface area contributed by atoms with Gasteiger partial charge in [-0.2, -0.15) is 0 Å². The van der Waals surface area contributed by atoms with Gasteiger partial charge in [0.15, 0.2) is 0 Å². The number of nitrogens with one attached hydrogen (secondary N) is 1. The maximum atomic E-state index is 11.2. The van der Waals surface area contributed by atoms with Crippen LogP contribution in [0.4, 0.5) is 0 Å². The summed E-state index contributed by atoms with van der Waals surface area (Å²) in [5.74, 6) is 0.549. The lowest BCUT2D eigenvalue weighted by atomic mass is 10.0. The fourth-order valence-corrected chi connectivity index (χ4v) is 0.920. The minimum Gasteiger partial charge on any atom is -0.385 e. The number of aromatic nitrogens is 2. The van der Waals surface area contributed by atoms with Gasteiger partial charge in [0.1, 0.15) is 5.82 Å². The molecule has 0 unspecified atom stereocenters. The molecule has 4 nitrogen and oxygen atoms in total. The molecule has 1 aromatic rings. The number of H-pyrrole nitrogens is 1. The highest BCUT2D eigenvalue weighted by atomic mass is 16.3. The van der Waals surface area contributed by atoms with Gasteiger partial charge in [0.25, 0.3) is 5.56 Å². The summed E-state index contributed by atoms with van der Waals surface area (Å²) in [6.45, 7) is 4.79. The number of aromatic amines is 1. The molecule has 0 fully saturated rings. The van der Waals surface area contributed by atoms with Crippen LogP contribution in [0.3, 0.4) is 0 Å². The van der Waals surface area contributed by atoms with Crippen molar-refractivity contribution < 1.29 is 5.11 Å². The lowest BCUT2D eigenvalue weighted by Crippen LogP contribution is -2.27. The van der Waals surface area contributed by atoms with Crippen LogP contribution in [0.15, 0.2) is 11.0 Å². The van der Waals surface area contributed by atoms with Crippen LogP contribution in [0.5, 0.6) is 0 Å². The second-order valence-corrected chi connectivity index (χ2v) is 3.27. The van der Waals surface area contributed by atoms with Crippen molar-refractivity contribution in [3.63, 3.8) is 0 Å². The predicted molar refractivity (Wildman–Crippen MR) is 44.8 cm³/mol. The van der Waals surface area contributed by atoms with Crippen LogP contribution in [-0.2, 0) is 5.60 Å². The Morgan fingerprint density at radius 1 is 1.58 bits per heavy atom. The van der Waals surface area contributed by atoms with Gasteiger partial charge >= 0.3 is 0 Å². The molecule has 1 aromatic heterocycles. The summed E-state index contributed by atoms with van der Waals surface area (Å²) in [6.07, 6.45) is 1.40. The van der Waals surface area contributed by atoms with Crippen LogP contribution in [-0.4, -0.2) is 15.1 Å². The molecule has 4 heteroatoms. The number of aliphatic hydroxyl groups is 1. The second-order valence-electron chi connectivity index (χ2n) is 3.27. The highest BCUT2D eigenvalue weighted by Crippen LogP contribution is 2.13. The van der Waals surface area contributed by atoms with Gasteiger partial charge in [0.05, 0.1) is 11.2 Å². The van der Waals surface area contributed by atoms with E-state index in [9.17, 15) is 9.90 Å². The van der Waals surface area contributed by atoms with E-state index in [1.165, 1.54) is 6.20 Å². The summed E-state index contributed by atoms with van der Waals surface area (Å²) in [5, 5.41) is 9.50. The van der Waals surface area contributed by atoms with Crippen molar-refractivity contribution in [1.29, 1.82) is 0 Å². The third-order valence-electron chi connectivity index (χ3n) is 1.59. The summed E-state index contributed by atoms with van der Waals surface area (Å²) in [7, 11) is 0. The number of hydrogen-bond donors (Lipinski definition) is 2. The second kappa shape index (κ2) is 2.71. The summed E-state index contributed by atoms with van der Waals surface area (Å²) in [5.41, 5.74) is -1.13. The van der Waals surface area contributed by atoms with Gasteiger partial charge < -0.3 is 10.1 Å². The summed E-state index contributed by atoms with van der Waals surface area (Å²) < 4.78 is 0. The molecule has 0 aliphatic heterocycles. The monoisotopic (exact) mass is 168 g/mol. The van der Waals surface area contributed by atoms with Gasteiger partial charge in [-0.15, -0.1) is 0 Å². The van der Waals surface area contributed by atoms with Crippen molar-refractivity contribution in [3.8, 4) is 0 Å². The van der Waals surface area contributed by atoms with E-state index in [2.05, 4.69) is 9.97 Å². The van der Waals surface area contributed by atoms with Crippen molar-refractivity contribution >= 4 is 0 Å². The molecule has 2 N–H and O–H groups in total. The number of rotatable bonds is 1. The molecular weight excluding hydrogens is 156 g/mol. The molecule has 0 spiro atoms. The van der Waals surface area contributed by atoms with E-state index in [1.807, 2.05) is 0 Å². The Labute approximate surface area is 70.3 Å². The fraction of sp³-hybridized carbons (Fsp3) is 0.500. The Kier molecular flexibility index (Phi) is 2.02. The zero-order valence-electron chi connectivity index (χ0n) is 7.38. The van der Waals surface area contributed by atoms with Crippen LogP contribution in [0, 0.1) is 6.92 Å². The molecular formula is C8H12N2O2. The van der Waals surface area contributed by atoms with E-state index in [0.717, 1.165) is 0 Å². The molecule has 1 rings (SSSR count). The third-order valence-corrected chi connectivity index (χ3v) is 1.59. The number of aryl methyl sites for hydroxylation is 1. The average molecular weight is 168 g/mol. The molecule has 0 amide bonds. The molecule has 12 heavy (non-hydrogen) atoms. The summed E-state index contributed by atoms with van der Waals surface area (Å²) >= 11 is 0. The van der Waals surface area contributed by atoms with Gasteiger partial charge in [0, 0.05) is 6.20 Å². The van der Waals surface area contributed by atoms with Crippen molar-refractivity contribution in [2.75, 3.05) is 0 Å². The molecule has 66 valence electrons. The largest absolute Gasteiger partial charge is 0.385 e. The maximum absolute atomic E-state index is 11.2. The van der Waals surface area contributed by atoms with E-state index in [-0.39, 0.29) is 11.1 Å². The smallest absolute Gasteiger partial charge is 0.256 e. The average Bonchev–Trinajstić information content (AvgIpc) is 1.83. The van der Waals surface area contributed by atoms with Crippen LogP contribution in [0.2, 0.25) is 0 Å². The molecule has 0 bridgehead atoms. The first-order chi connectivity index (χ1) is 5.41. The van der Waals surface area contributed by atoms with Gasteiger partial charge in [-0.05, 0) is 20.8 Å². The fourth-order valence-electron chi connectivity index (χ4n) is 0.920. The van der Waals surface area contributed by atoms with Gasteiger partial charge in [-0.25, -0.2) is 4.98 Å². The minimum atomic E-state index is -1.13. The van der Waals surface area contributed by atoms with E-state index in [1.54, 1.807) is 20.8 Å². The van der Waals surface area contributed by atoms with E-state index < -0.39 is 5.60 Å².